The third-order valence-electron chi connectivity index (χ3n) is 4.05. The van der Waals surface area contributed by atoms with Gasteiger partial charge in [-0.25, -0.2) is 0 Å². The second-order valence-corrected chi connectivity index (χ2v) is 5.86. The summed E-state index contributed by atoms with van der Waals surface area (Å²) in [5, 5.41) is 17.0. The van der Waals surface area contributed by atoms with Crippen LogP contribution in [-0.2, 0) is 0 Å². The topological polar surface area (TPSA) is 74.2 Å². The molecule has 0 saturated heterocycles. The van der Waals surface area contributed by atoms with E-state index in [1.807, 2.05) is 37.4 Å². The Morgan fingerprint density at radius 3 is 2.64 bits per heavy atom. The smallest absolute Gasteiger partial charge is 0.251 e. The Morgan fingerprint density at radius 1 is 1.08 bits per heavy atom. The van der Waals surface area contributed by atoms with Crippen LogP contribution >= 0.6 is 0 Å². The zero-order valence-electron chi connectivity index (χ0n) is 14.1. The molecule has 0 fully saturated rings. The summed E-state index contributed by atoms with van der Waals surface area (Å²) in [5.74, 6) is 0.0765. The number of carbonyl (C=O) groups is 1. The SMILES string of the molecule is CNCCCNC(=O)c1ccc(-c2cc(O)c3ncccc3c2)cc1. The molecule has 128 valence electrons. The number of aromatic nitrogens is 1. The predicted molar refractivity (Wildman–Crippen MR) is 99.7 cm³/mol. The lowest BCUT2D eigenvalue weighted by Crippen LogP contribution is -2.26. The van der Waals surface area contributed by atoms with Crippen LogP contribution in [-0.4, -0.2) is 36.1 Å². The average Bonchev–Trinajstić information content (AvgIpc) is 2.65. The highest BCUT2D eigenvalue weighted by Crippen LogP contribution is 2.30. The first kappa shape index (κ1) is 16.9. The maximum absolute atomic E-state index is 12.1. The number of phenolic OH excluding ortho intramolecular Hbond substituents is 1. The van der Waals surface area contributed by atoms with Crippen molar-refractivity contribution in [1.29, 1.82) is 0 Å². The highest BCUT2D eigenvalue weighted by atomic mass is 16.3. The number of nitrogens with zero attached hydrogens (tertiary/aromatic N) is 1. The fourth-order valence-corrected chi connectivity index (χ4v) is 2.72. The first-order valence-corrected chi connectivity index (χ1v) is 8.30. The zero-order chi connectivity index (χ0) is 17.6. The number of hydrogen-bond donors (Lipinski definition) is 3. The van der Waals surface area contributed by atoms with Crippen molar-refractivity contribution in [2.75, 3.05) is 20.1 Å². The number of rotatable bonds is 6. The molecule has 5 nitrogen and oxygen atoms in total. The number of carbonyl (C=O) groups excluding carboxylic acids is 1. The van der Waals surface area contributed by atoms with E-state index in [0.29, 0.717) is 17.6 Å². The van der Waals surface area contributed by atoms with Gasteiger partial charge >= 0.3 is 0 Å². The lowest BCUT2D eigenvalue weighted by molar-refractivity contribution is 0.0953. The second kappa shape index (κ2) is 7.77. The average molecular weight is 335 g/mol. The molecule has 0 bridgehead atoms. The summed E-state index contributed by atoms with van der Waals surface area (Å²) in [6, 6.07) is 14.8. The molecule has 1 aromatic heterocycles. The molecule has 3 aromatic rings. The van der Waals surface area contributed by atoms with Crippen molar-refractivity contribution in [1.82, 2.24) is 15.6 Å². The molecular weight excluding hydrogens is 314 g/mol. The van der Waals surface area contributed by atoms with Gasteiger partial charge < -0.3 is 15.7 Å². The molecule has 3 rings (SSSR count). The lowest BCUT2D eigenvalue weighted by atomic mass is 10.0. The number of benzene rings is 2. The van der Waals surface area contributed by atoms with Crippen molar-refractivity contribution < 1.29 is 9.90 Å². The summed E-state index contributed by atoms with van der Waals surface area (Å²) in [5.41, 5.74) is 3.04. The van der Waals surface area contributed by atoms with E-state index in [-0.39, 0.29) is 11.7 Å². The van der Waals surface area contributed by atoms with E-state index in [4.69, 9.17) is 0 Å². The summed E-state index contributed by atoms with van der Waals surface area (Å²) >= 11 is 0. The van der Waals surface area contributed by atoms with E-state index < -0.39 is 0 Å². The van der Waals surface area contributed by atoms with E-state index in [1.165, 1.54) is 0 Å². The highest BCUT2D eigenvalue weighted by molar-refractivity contribution is 5.95. The quantitative estimate of drug-likeness (QED) is 0.606. The largest absolute Gasteiger partial charge is 0.506 e. The number of pyridine rings is 1. The molecule has 0 aliphatic heterocycles. The fourth-order valence-electron chi connectivity index (χ4n) is 2.72. The third-order valence-corrected chi connectivity index (χ3v) is 4.05. The van der Waals surface area contributed by atoms with E-state index in [2.05, 4.69) is 15.6 Å². The molecule has 2 aromatic carbocycles. The molecule has 0 aliphatic carbocycles. The van der Waals surface area contributed by atoms with Crippen molar-refractivity contribution in [3.05, 3.63) is 60.3 Å². The number of aromatic hydroxyl groups is 1. The van der Waals surface area contributed by atoms with Crippen LogP contribution in [0.1, 0.15) is 16.8 Å². The van der Waals surface area contributed by atoms with E-state index in [9.17, 15) is 9.90 Å². The van der Waals surface area contributed by atoms with Gasteiger partial charge in [0.25, 0.3) is 5.91 Å². The summed E-state index contributed by atoms with van der Waals surface area (Å²) in [6.07, 6.45) is 2.55. The molecule has 0 spiro atoms. The Balaban J connectivity index is 1.77. The van der Waals surface area contributed by atoms with Gasteiger partial charge in [-0.2, -0.15) is 0 Å². The van der Waals surface area contributed by atoms with Gasteiger partial charge in [-0.05, 0) is 61.5 Å². The van der Waals surface area contributed by atoms with Crippen molar-refractivity contribution in [2.24, 2.45) is 0 Å². The molecule has 3 N–H and O–H groups in total. The van der Waals surface area contributed by atoms with Crippen molar-refractivity contribution in [2.45, 2.75) is 6.42 Å². The molecule has 0 saturated carbocycles. The van der Waals surface area contributed by atoms with Crippen LogP contribution in [0.4, 0.5) is 0 Å². The van der Waals surface area contributed by atoms with Gasteiger partial charge in [0.05, 0.1) is 0 Å². The van der Waals surface area contributed by atoms with Crippen molar-refractivity contribution in [3.8, 4) is 16.9 Å². The number of nitrogens with one attached hydrogen (secondary N) is 2. The van der Waals surface area contributed by atoms with Gasteiger partial charge in [0.15, 0.2) is 0 Å². The Hall–Kier alpha value is -2.92. The highest BCUT2D eigenvalue weighted by Gasteiger charge is 2.08. The molecule has 1 heterocycles. The third kappa shape index (κ3) is 3.95. The van der Waals surface area contributed by atoms with Gasteiger partial charge in [0, 0.05) is 23.7 Å². The molecular formula is C20H21N3O2. The monoisotopic (exact) mass is 335 g/mol. The zero-order valence-corrected chi connectivity index (χ0v) is 14.1. The van der Waals surface area contributed by atoms with Crippen LogP contribution in [0.3, 0.4) is 0 Å². The lowest BCUT2D eigenvalue weighted by Gasteiger charge is -2.08. The molecule has 5 heteroatoms. The molecule has 0 aliphatic rings. The summed E-state index contributed by atoms with van der Waals surface area (Å²) < 4.78 is 0. The Labute approximate surface area is 146 Å². The fraction of sp³-hybridized carbons (Fsp3) is 0.200. The maximum Gasteiger partial charge on any atom is 0.251 e. The number of phenols is 1. The van der Waals surface area contributed by atoms with Gasteiger partial charge in [-0.15, -0.1) is 0 Å². The Bertz CT molecular complexity index is 876. The van der Waals surface area contributed by atoms with E-state index in [0.717, 1.165) is 29.5 Å². The van der Waals surface area contributed by atoms with Gasteiger partial charge in [-0.1, -0.05) is 18.2 Å². The first-order chi connectivity index (χ1) is 12.2. The molecule has 0 atom stereocenters. The van der Waals surface area contributed by atoms with Crippen LogP contribution in [0.2, 0.25) is 0 Å². The van der Waals surface area contributed by atoms with E-state index >= 15 is 0 Å². The molecule has 0 unspecified atom stereocenters. The van der Waals surface area contributed by atoms with Gasteiger partial charge in [0.2, 0.25) is 0 Å². The Kier molecular flexibility index (Phi) is 5.26. The first-order valence-electron chi connectivity index (χ1n) is 8.30. The summed E-state index contributed by atoms with van der Waals surface area (Å²) in [4.78, 5) is 16.3. The molecule has 0 radical (unpaired) electrons. The normalized spacial score (nSPS) is 10.8. The molecule has 25 heavy (non-hydrogen) atoms. The second-order valence-electron chi connectivity index (χ2n) is 5.86. The Morgan fingerprint density at radius 2 is 1.88 bits per heavy atom. The number of fused-ring (bicyclic) bond motifs is 1. The van der Waals surface area contributed by atoms with E-state index in [1.54, 1.807) is 24.4 Å². The molecule has 1 amide bonds. The van der Waals surface area contributed by atoms with Gasteiger partial charge in [-0.3, -0.25) is 9.78 Å². The number of hydrogen-bond acceptors (Lipinski definition) is 4. The van der Waals surface area contributed by atoms with Crippen LogP contribution in [0, 0.1) is 0 Å². The minimum Gasteiger partial charge on any atom is -0.506 e. The maximum atomic E-state index is 12.1. The summed E-state index contributed by atoms with van der Waals surface area (Å²) in [6.45, 7) is 1.52. The standard InChI is InChI=1S/C20H21N3O2/c1-21-9-3-11-23-20(25)15-7-5-14(6-8-15)17-12-16-4-2-10-22-19(16)18(24)13-17/h2,4-8,10,12-13,21,24H,3,9,11H2,1H3,(H,23,25). The van der Waals surface area contributed by atoms with Crippen LogP contribution < -0.4 is 10.6 Å². The predicted octanol–water partition coefficient (Wildman–Crippen LogP) is 2.95. The summed E-state index contributed by atoms with van der Waals surface area (Å²) in [7, 11) is 1.89. The van der Waals surface area contributed by atoms with Crippen LogP contribution in [0.15, 0.2) is 54.7 Å². The minimum atomic E-state index is -0.0757. The van der Waals surface area contributed by atoms with Crippen LogP contribution in [0.25, 0.3) is 22.0 Å². The van der Waals surface area contributed by atoms with Crippen molar-refractivity contribution in [3.63, 3.8) is 0 Å². The number of amides is 1. The van der Waals surface area contributed by atoms with Crippen molar-refractivity contribution >= 4 is 16.8 Å². The van der Waals surface area contributed by atoms with Crippen LogP contribution in [0.5, 0.6) is 5.75 Å². The minimum absolute atomic E-state index is 0.0757. The van der Waals surface area contributed by atoms with Gasteiger partial charge in [0.1, 0.15) is 11.3 Å².